The standard InChI is InChI=1S/C12H14O4/c13-4-10(9-5-14-6-9)8-1-2-11-12(3-8)16-7-15-11/h1-3,9-10,13H,4-7H2. The maximum absolute atomic E-state index is 9.44. The van der Waals surface area contributed by atoms with E-state index in [1.165, 1.54) is 0 Å². The summed E-state index contributed by atoms with van der Waals surface area (Å²) in [5.74, 6) is 2.12. The van der Waals surface area contributed by atoms with Crippen LogP contribution in [0.2, 0.25) is 0 Å². The third-order valence-electron chi connectivity index (χ3n) is 3.25. The van der Waals surface area contributed by atoms with Gasteiger partial charge in [0, 0.05) is 11.8 Å². The third-order valence-corrected chi connectivity index (χ3v) is 3.25. The normalized spacial score (nSPS) is 20.6. The Bertz CT molecular complexity index is 387. The Balaban J connectivity index is 1.86. The molecule has 2 aliphatic heterocycles. The molecule has 0 aromatic heterocycles. The molecule has 1 saturated heterocycles. The zero-order valence-corrected chi connectivity index (χ0v) is 8.89. The maximum Gasteiger partial charge on any atom is 0.231 e. The topological polar surface area (TPSA) is 47.9 Å². The number of fused-ring (bicyclic) bond motifs is 1. The number of hydrogen-bond donors (Lipinski definition) is 1. The highest BCUT2D eigenvalue weighted by Crippen LogP contribution is 2.37. The van der Waals surface area contributed by atoms with Gasteiger partial charge in [-0.3, -0.25) is 0 Å². The van der Waals surface area contributed by atoms with E-state index in [9.17, 15) is 5.11 Å². The van der Waals surface area contributed by atoms with E-state index in [0.29, 0.717) is 5.92 Å². The molecule has 1 unspecified atom stereocenters. The van der Waals surface area contributed by atoms with Crippen molar-refractivity contribution in [2.24, 2.45) is 5.92 Å². The van der Waals surface area contributed by atoms with Crippen LogP contribution < -0.4 is 9.47 Å². The van der Waals surface area contributed by atoms with Crippen LogP contribution in [0.15, 0.2) is 18.2 Å². The summed E-state index contributed by atoms with van der Waals surface area (Å²) in [4.78, 5) is 0. The quantitative estimate of drug-likeness (QED) is 0.833. The highest BCUT2D eigenvalue weighted by molar-refractivity contribution is 5.45. The Morgan fingerprint density at radius 2 is 2.06 bits per heavy atom. The van der Waals surface area contributed by atoms with Crippen molar-refractivity contribution in [3.8, 4) is 11.5 Å². The van der Waals surface area contributed by atoms with Gasteiger partial charge in [-0.15, -0.1) is 0 Å². The Morgan fingerprint density at radius 1 is 1.25 bits per heavy atom. The Hall–Kier alpha value is -1.26. The second-order valence-corrected chi connectivity index (χ2v) is 4.20. The third kappa shape index (κ3) is 1.54. The van der Waals surface area contributed by atoms with Crippen molar-refractivity contribution in [3.63, 3.8) is 0 Å². The Morgan fingerprint density at radius 3 is 2.75 bits per heavy atom. The molecule has 0 aliphatic carbocycles. The van der Waals surface area contributed by atoms with Crippen LogP contribution in [0.4, 0.5) is 0 Å². The van der Waals surface area contributed by atoms with Crippen molar-refractivity contribution in [1.29, 1.82) is 0 Å². The van der Waals surface area contributed by atoms with Gasteiger partial charge in [-0.1, -0.05) is 6.07 Å². The smallest absolute Gasteiger partial charge is 0.231 e. The molecular weight excluding hydrogens is 208 g/mol. The SMILES string of the molecule is OCC(c1ccc2c(c1)OCO2)C1COC1. The van der Waals surface area contributed by atoms with Gasteiger partial charge in [0.05, 0.1) is 19.8 Å². The van der Waals surface area contributed by atoms with E-state index in [1.807, 2.05) is 18.2 Å². The minimum Gasteiger partial charge on any atom is -0.454 e. The van der Waals surface area contributed by atoms with Gasteiger partial charge in [0.2, 0.25) is 6.79 Å². The molecule has 0 radical (unpaired) electrons. The minimum absolute atomic E-state index is 0.142. The summed E-state index contributed by atoms with van der Waals surface area (Å²) in [5.41, 5.74) is 1.10. The largest absolute Gasteiger partial charge is 0.454 e. The Kier molecular flexibility index (Phi) is 2.46. The number of ether oxygens (including phenoxy) is 3. The summed E-state index contributed by atoms with van der Waals surface area (Å²) in [5, 5.41) is 9.44. The second kappa shape index (κ2) is 3.96. The van der Waals surface area contributed by atoms with E-state index in [-0.39, 0.29) is 19.3 Å². The number of hydrogen-bond acceptors (Lipinski definition) is 4. The van der Waals surface area contributed by atoms with Crippen molar-refractivity contribution in [1.82, 2.24) is 0 Å². The summed E-state index contributed by atoms with van der Waals surface area (Å²) >= 11 is 0. The predicted molar refractivity (Wildman–Crippen MR) is 56.7 cm³/mol. The average Bonchev–Trinajstić information content (AvgIpc) is 2.69. The number of benzene rings is 1. The van der Waals surface area contributed by atoms with Gasteiger partial charge in [0.1, 0.15) is 0 Å². The fourth-order valence-electron chi connectivity index (χ4n) is 2.16. The van der Waals surface area contributed by atoms with Crippen LogP contribution in [0.3, 0.4) is 0 Å². The van der Waals surface area contributed by atoms with Crippen molar-refractivity contribution in [2.75, 3.05) is 26.6 Å². The van der Waals surface area contributed by atoms with Crippen molar-refractivity contribution < 1.29 is 19.3 Å². The molecule has 0 spiro atoms. The molecule has 1 aromatic rings. The average molecular weight is 222 g/mol. The summed E-state index contributed by atoms with van der Waals surface area (Å²) in [7, 11) is 0. The molecule has 1 aromatic carbocycles. The molecule has 0 bridgehead atoms. The van der Waals surface area contributed by atoms with Crippen LogP contribution in [0.25, 0.3) is 0 Å². The molecule has 1 atom stereocenters. The molecule has 16 heavy (non-hydrogen) atoms. The number of aliphatic hydroxyl groups is 1. The lowest BCUT2D eigenvalue weighted by Gasteiger charge is -2.33. The predicted octanol–water partition coefficient (Wildman–Crippen LogP) is 1.14. The van der Waals surface area contributed by atoms with Gasteiger partial charge < -0.3 is 19.3 Å². The lowest BCUT2D eigenvalue weighted by atomic mass is 9.85. The van der Waals surface area contributed by atoms with Gasteiger partial charge in [0.25, 0.3) is 0 Å². The van der Waals surface area contributed by atoms with Crippen LogP contribution in [0.1, 0.15) is 11.5 Å². The molecule has 3 rings (SSSR count). The molecule has 4 heteroatoms. The van der Waals surface area contributed by atoms with Gasteiger partial charge in [0.15, 0.2) is 11.5 Å². The lowest BCUT2D eigenvalue weighted by Crippen LogP contribution is -2.34. The van der Waals surface area contributed by atoms with E-state index in [1.54, 1.807) is 0 Å². The summed E-state index contributed by atoms with van der Waals surface area (Å²) in [6, 6.07) is 5.86. The molecule has 1 N–H and O–H groups in total. The molecule has 2 heterocycles. The first-order valence-electron chi connectivity index (χ1n) is 5.46. The van der Waals surface area contributed by atoms with Crippen molar-refractivity contribution in [3.05, 3.63) is 23.8 Å². The van der Waals surface area contributed by atoms with E-state index < -0.39 is 0 Å². The first kappa shape index (κ1) is 9.93. The van der Waals surface area contributed by atoms with E-state index >= 15 is 0 Å². The highest BCUT2D eigenvalue weighted by atomic mass is 16.7. The first-order chi connectivity index (χ1) is 7.88. The zero-order chi connectivity index (χ0) is 11.0. The van der Waals surface area contributed by atoms with Crippen LogP contribution in [-0.4, -0.2) is 31.7 Å². The molecule has 86 valence electrons. The molecule has 4 nitrogen and oxygen atoms in total. The lowest BCUT2D eigenvalue weighted by molar-refractivity contribution is -0.0527. The monoisotopic (exact) mass is 222 g/mol. The molecule has 2 aliphatic rings. The van der Waals surface area contributed by atoms with Crippen molar-refractivity contribution >= 4 is 0 Å². The van der Waals surface area contributed by atoms with Crippen LogP contribution in [0, 0.1) is 5.92 Å². The van der Waals surface area contributed by atoms with Crippen LogP contribution in [0.5, 0.6) is 11.5 Å². The van der Waals surface area contributed by atoms with Crippen LogP contribution >= 0.6 is 0 Å². The maximum atomic E-state index is 9.44. The fraction of sp³-hybridized carbons (Fsp3) is 0.500. The van der Waals surface area contributed by atoms with Gasteiger partial charge in [-0.2, -0.15) is 0 Å². The van der Waals surface area contributed by atoms with E-state index in [4.69, 9.17) is 14.2 Å². The number of rotatable bonds is 3. The zero-order valence-electron chi connectivity index (χ0n) is 8.89. The van der Waals surface area contributed by atoms with Gasteiger partial charge >= 0.3 is 0 Å². The van der Waals surface area contributed by atoms with Gasteiger partial charge in [-0.25, -0.2) is 0 Å². The highest BCUT2D eigenvalue weighted by Gasteiger charge is 2.30. The minimum atomic E-state index is 0.142. The summed E-state index contributed by atoms with van der Waals surface area (Å²) in [6.07, 6.45) is 0. The second-order valence-electron chi connectivity index (χ2n) is 4.20. The van der Waals surface area contributed by atoms with Gasteiger partial charge in [-0.05, 0) is 17.7 Å². The molecule has 1 fully saturated rings. The Labute approximate surface area is 93.7 Å². The first-order valence-corrected chi connectivity index (χ1v) is 5.46. The van der Waals surface area contributed by atoms with Crippen LogP contribution in [-0.2, 0) is 4.74 Å². The summed E-state index contributed by atoms with van der Waals surface area (Å²) < 4.78 is 15.8. The molecule has 0 saturated carbocycles. The molecular formula is C12H14O4. The number of aliphatic hydroxyl groups excluding tert-OH is 1. The van der Waals surface area contributed by atoms with E-state index in [2.05, 4.69) is 0 Å². The van der Waals surface area contributed by atoms with Crippen molar-refractivity contribution in [2.45, 2.75) is 5.92 Å². The fourth-order valence-corrected chi connectivity index (χ4v) is 2.16. The summed E-state index contributed by atoms with van der Waals surface area (Å²) in [6.45, 7) is 1.90. The molecule has 0 amide bonds. The van der Waals surface area contributed by atoms with E-state index in [0.717, 1.165) is 30.3 Å².